The number of benzene rings is 1. The molecule has 2 rings (SSSR count). The van der Waals surface area contributed by atoms with Crippen LogP contribution < -0.4 is 10.6 Å². The van der Waals surface area contributed by atoms with Crippen molar-refractivity contribution in [3.05, 3.63) is 29.3 Å². The summed E-state index contributed by atoms with van der Waals surface area (Å²) >= 11 is 0. The first kappa shape index (κ1) is 15.8. The zero-order valence-electron chi connectivity index (χ0n) is 13.2. The first-order valence-electron chi connectivity index (χ1n) is 7.87. The highest BCUT2D eigenvalue weighted by atomic mass is 16.5. The Balaban J connectivity index is 2.08. The summed E-state index contributed by atoms with van der Waals surface area (Å²) in [7, 11) is 0. The Bertz CT molecular complexity index is 488. The summed E-state index contributed by atoms with van der Waals surface area (Å²) in [6, 6.07) is 6.19. The molecule has 2 unspecified atom stereocenters. The molecule has 1 fully saturated rings. The molecule has 1 saturated heterocycles. The zero-order valence-corrected chi connectivity index (χ0v) is 13.2. The third-order valence-corrected chi connectivity index (χ3v) is 3.81. The summed E-state index contributed by atoms with van der Waals surface area (Å²) in [6.45, 7) is 7.78. The van der Waals surface area contributed by atoms with E-state index in [1.54, 1.807) is 0 Å². The number of aryl methyl sites for hydroxylation is 1. The van der Waals surface area contributed by atoms with Crippen LogP contribution in [-0.2, 0) is 4.74 Å². The Morgan fingerprint density at radius 2 is 2.24 bits per heavy atom. The number of nitrogens with one attached hydrogen (secondary N) is 2. The molecule has 1 amide bonds. The standard InChI is InChI=1S/C17H26N2O2/c1-4-8-18-16-6-5-12(2)10-15(16)17(20)19-14-7-9-21-13(3)11-14/h5-6,10,13-14,18H,4,7-9,11H2,1-3H3,(H,19,20). The second-order valence-electron chi connectivity index (χ2n) is 5.85. The molecule has 0 spiro atoms. The van der Waals surface area contributed by atoms with E-state index in [0.29, 0.717) is 0 Å². The van der Waals surface area contributed by atoms with Gasteiger partial charge in [0.25, 0.3) is 5.91 Å². The molecule has 116 valence electrons. The van der Waals surface area contributed by atoms with Crippen molar-refractivity contribution in [1.29, 1.82) is 0 Å². The van der Waals surface area contributed by atoms with E-state index in [1.807, 2.05) is 25.1 Å². The van der Waals surface area contributed by atoms with Crippen LogP contribution in [0.4, 0.5) is 5.69 Å². The van der Waals surface area contributed by atoms with Crippen molar-refractivity contribution in [2.24, 2.45) is 0 Å². The largest absolute Gasteiger partial charge is 0.384 e. The lowest BCUT2D eigenvalue weighted by Gasteiger charge is -2.28. The number of hydrogen-bond acceptors (Lipinski definition) is 3. The van der Waals surface area contributed by atoms with Crippen molar-refractivity contribution in [2.45, 2.75) is 52.2 Å². The number of anilines is 1. The van der Waals surface area contributed by atoms with Crippen LogP contribution in [-0.4, -0.2) is 31.2 Å². The summed E-state index contributed by atoms with van der Waals surface area (Å²) in [5.74, 6) is 0.0106. The van der Waals surface area contributed by atoms with Crippen LogP contribution in [0.3, 0.4) is 0 Å². The van der Waals surface area contributed by atoms with Gasteiger partial charge in [0.15, 0.2) is 0 Å². The molecular formula is C17H26N2O2. The number of hydrogen-bond donors (Lipinski definition) is 2. The second-order valence-corrected chi connectivity index (χ2v) is 5.85. The summed E-state index contributed by atoms with van der Waals surface area (Å²) in [5.41, 5.74) is 2.75. The molecule has 1 aliphatic heterocycles. The first-order chi connectivity index (χ1) is 10.1. The maximum absolute atomic E-state index is 12.6. The van der Waals surface area contributed by atoms with E-state index in [0.717, 1.165) is 49.2 Å². The van der Waals surface area contributed by atoms with E-state index in [2.05, 4.69) is 24.5 Å². The molecule has 0 aliphatic carbocycles. The van der Waals surface area contributed by atoms with Gasteiger partial charge in [-0.1, -0.05) is 18.6 Å². The van der Waals surface area contributed by atoms with Crippen molar-refractivity contribution >= 4 is 11.6 Å². The van der Waals surface area contributed by atoms with Gasteiger partial charge < -0.3 is 15.4 Å². The maximum Gasteiger partial charge on any atom is 0.253 e. The van der Waals surface area contributed by atoms with Crippen LogP contribution in [0.25, 0.3) is 0 Å². The molecule has 0 bridgehead atoms. The highest BCUT2D eigenvalue weighted by molar-refractivity contribution is 6.00. The normalized spacial score (nSPS) is 21.9. The zero-order chi connectivity index (χ0) is 15.2. The lowest BCUT2D eigenvalue weighted by atomic mass is 10.0. The fourth-order valence-corrected chi connectivity index (χ4v) is 2.65. The SMILES string of the molecule is CCCNc1ccc(C)cc1C(=O)NC1CCOC(C)C1. The minimum Gasteiger partial charge on any atom is -0.384 e. The predicted molar refractivity (Wildman–Crippen MR) is 85.9 cm³/mol. The number of amides is 1. The lowest BCUT2D eigenvalue weighted by molar-refractivity contribution is 0.0137. The van der Waals surface area contributed by atoms with Gasteiger partial charge in [-0.25, -0.2) is 0 Å². The third kappa shape index (κ3) is 4.46. The fourth-order valence-electron chi connectivity index (χ4n) is 2.65. The summed E-state index contributed by atoms with van der Waals surface area (Å²) in [5, 5.41) is 6.48. The Kier molecular flexibility index (Phi) is 5.62. The Morgan fingerprint density at radius 3 is 2.95 bits per heavy atom. The van der Waals surface area contributed by atoms with Gasteiger partial charge in [0.05, 0.1) is 11.7 Å². The molecule has 4 heteroatoms. The average molecular weight is 290 g/mol. The Hall–Kier alpha value is -1.55. The van der Waals surface area contributed by atoms with E-state index in [1.165, 1.54) is 0 Å². The average Bonchev–Trinajstić information content (AvgIpc) is 2.46. The van der Waals surface area contributed by atoms with Gasteiger partial charge in [-0.3, -0.25) is 4.79 Å². The summed E-state index contributed by atoms with van der Waals surface area (Å²) < 4.78 is 5.53. The molecule has 1 aromatic rings. The third-order valence-electron chi connectivity index (χ3n) is 3.81. The van der Waals surface area contributed by atoms with Crippen LogP contribution in [0.1, 0.15) is 49.0 Å². The number of ether oxygens (including phenoxy) is 1. The minimum atomic E-state index is 0.0106. The maximum atomic E-state index is 12.6. The van der Waals surface area contributed by atoms with Gasteiger partial charge in [-0.2, -0.15) is 0 Å². The molecule has 1 aromatic carbocycles. The number of rotatable bonds is 5. The molecule has 2 atom stereocenters. The van der Waals surface area contributed by atoms with E-state index in [-0.39, 0.29) is 18.1 Å². The van der Waals surface area contributed by atoms with Crippen molar-refractivity contribution < 1.29 is 9.53 Å². The molecule has 0 saturated carbocycles. The van der Waals surface area contributed by atoms with Gasteiger partial charge in [-0.05, 0) is 45.2 Å². The smallest absolute Gasteiger partial charge is 0.253 e. The van der Waals surface area contributed by atoms with Crippen LogP contribution in [0.5, 0.6) is 0 Å². The second kappa shape index (κ2) is 7.46. The number of carbonyl (C=O) groups is 1. The quantitative estimate of drug-likeness (QED) is 0.876. The molecule has 1 heterocycles. The highest BCUT2D eigenvalue weighted by Gasteiger charge is 2.22. The van der Waals surface area contributed by atoms with Crippen molar-refractivity contribution in [1.82, 2.24) is 5.32 Å². The summed E-state index contributed by atoms with van der Waals surface area (Å²) in [6.07, 6.45) is 3.03. The summed E-state index contributed by atoms with van der Waals surface area (Å²) in [4.78, 5) is 12.6. The van der Waals surface area contributed by atoms with Crippen molar-refractivity contribution in [2.75, 3.05) is 18.5 Å². The van der Waals surface area contributed by atoms with E-state index >= 15 is 0 Å². The van der Waals surface area contributed by atoms with Gasteiger partial charge in [0.2, 0.25) is 0 Å². The molecule has 1 aliphatic rings. The lowest BCUT2D eigenvalue weighted by Crippen LogP contribution is -2.41. The van der Waals surface area contributed by atoms with Gasteiger partial charge in [0.1, 0.15) is 0 Å². The van der Waals surface area contributed by atoms with E-state index in [4.69, 9.17) is 4.74 Å². The number of carbonyl (C=O) groups excluding carboxylic acids is 1. The van der Waals surface area contributed by atoms with Gasteiger partial charge >= 0.3 is 0 Å². The van der Waals surface area contributed by atoms with Crippen LogP contribution in [0, 0.1) is 6.92 Å². The molecule has 21 heavy (non-hydrogen) atoms. The monoisotopic (exact) mass is 290 g/mol. The molecule has 4 nitrogen and oxygen atoms in total. The topological polar surface area (TPSA) is 50.4 Å². The van der Waals surface area contributed by atoms with Crippen LogP contribution >= 0.6 is 0 Å². The van der Waals surface area contributed by atoms with E-state index in [9.17, 15) is 4.79 Å². The highest BCUT2D eigenvalue weighted by Crippen LogP contribution is 2.19. The molecular weight excluding hydrogens is 264 g/mol. The van der Waals surface area contributed by atoms with Gasteiger partial charge in [-0.15, -0.1) is 0 Å². The molecule has 0 aromatic heterocycles. The first-order valence-corrected chi connectivity index (χ1v) is 7.87. The van der Waals surface area contributed by atoms with E-state index < -0.39 is 0 Å². The minimum absolute atomic E-state index is 0.0106. The van der Waals surface area contributed by atoms with Crippen molar-refractivity contribution in [3.8, 4) is 0 Å². The Morgan fingerprint density at radius 1 is 1.43 bits per heavy atom. The Labute approximate surface area is 127 Å². The fraction of sp³-hybridized carbons (Fsp3) is 0.588. The van der Waals surface area contributed by atoms with Crippen LogP contribution in [0.15, 0.2) is 18.2 Å². The molecule has 2 N–H and O–H groups in total. The predicted octanol–water partition coefficient (Wildman–Crippen LogP) is 3.11. The van der Waals surface area contributed by atoms with Crippen molar-refractivity contribution in [3.63, 3.8) is 0 Å². The van der Waals surface area contributed by atoms with Crippen LogP contribution in [0.2, 0.25) is 0 Å². The molecule has 0 radical (unpaired) electrons. The van der Waals surface area contributed by atoms with Gasteiger partial charge in [0, 0.05) is 24.9 Å².